The summed E-state index contributed by atoms with van der Waals surface area (Å²) in [6.07, 6.45) is 0. The molecule has 0 aliphatic carbocycles. The van der Waals surface area contributed by atoms with Gasteiger partial charge >= 0.3 is 0 Å². The highest BCUT2D eigenvalue weighted by Crippen LogP contribution is 2.12. The summed E-state index contributed by atoms with van der Waals surface area (Å²) < 4.78 is 0. The van der Waals surface area contributed by atoms with E-state index in [1.807, 2.05) is 13.8 Å². The summed E-state index contributed by atoms with van der Waals surface area (Å²) in [6, 6.07) is 0.160. The Balaban J connectivity index is 3.72. The van der Waals surface area contributed by atoms with Crippen molar-refractivity contribution in [1.82, 2.24) is 4.90 Å². The number of carbonyl (C=O) groups is 1. The first kappa shape index (κ1) is 11.8. The SMILES string of the molecule is CC(N)CSC(C)C(=O)N(C)C. The van der Waals surface area contributed by atoms with Crippen molar-refractivity contribution in [3.8, 4) is 0 Å². The molecule has 0 saturated heterocycles. The number of rotatable bonds is 4. The minimum Gasteiger partial charge on any atom is -0.348 e. The highest BCUT2D eigenvalue weighted by atomic mass is 32.2. The van der Waals surface area contributed by atoms with E-state index in [4.69, 9.17) is 5.73 Å². The van der Waals surface area contributed by atoms with Crippen molar-refractivity contribution in [2.24, 2.45) is 5.73 Å². The zero-order valence-electron chi connectivity index (χ0n) is 8.20. The normalized spacial score (nSPS) is 15.4. The molecule has 12 heavy (non-hydrogen) atoms. The monoisotopic (exact) mass is 190 g/mol. The molecule has 0 spiro atoms. The largest absolute Gasteiger partial charge is 0.348 e. The Kier molecular flexibility index (Phi) is 5.33. The van der Waals surface area contributed by atoms with Crippen LogP contribution in [0.4, 0.5) is 0 Å². The molecule has 0 aromatic carbocycles. The minimum absolute atomic E-state index is 0.0194. The molecule has 0 aromatic rings. The number of hydrogen-bond donors (Lipinski definition) is 1. The van der Waals surface area contributed by atoms with Crippen LogP contribution in [0.25, 0.3) is 0 Å². The quantitative estimate of drug-likeness (QED) is 0.704. The maximum absolute atomic E-state index is 11.3. The van der Waals surface area contributed by atoms with Crippen LogP contribution in [0.1, 0.15) is 13.8 Å². The molecule has 0 aliphatic rings. The van der Waals surface area contributed by atoms with Crippen LogP contribution < -0.4 is 5.73 Å². The van der Waals surface area contributed by atoms with Crippen molar-refractivity contribution in [3.63, 3.8) is 0 Å². The molecular weight excluding hydrogens is 172 g/mol. The van der Waals surface area contributed by atoms with Gasteiger partial charge in [-0.25, -0.2) is 0 Å². The van der Waals surface area contributed by atoms with Crippen LogP contribution in [0.5, 0.6) is 0 Å². The second-order valence-electron chi connectivity index (χ2n) is 3.19. The molecule has 72 valence electrons. The third kappa shape index (κ3) is 4.62. The van der Waals surface area contributed by atoms with Gasteiger partial charge in [0.15, 0.2) is 0 Å². The van der Waals surface area contributed by atoms with Gasteiger partial charge in [-0.15, -0.1) is 11.8 Å². The highest BCUT2D eigenvalue weighted by Gasteiger charge is 2.15. The Morgan fingerprint density at radius 3 is 2.33 bits per heavy atom. The molecular formula is C8H18N2OS. The van der Waals surface area contributed by atoms with Crippen LogP contribution >= 0.6 is 11.8 Å². The molecule has 0 fully saturated rings. The minimum atomic E-state index is 0.0194. The molecule has 3 nitrogen and oxygen atoms in total. The Morgan fingerprint density at radius 1 is 1.50 bits per heavy atom. The molecule has 2 unspecified atom stereocenters. The lowest BCUT2D eigenvalue weighted by molar-refractivity contribution is -0.127. The number of amides is 1. The average Bonchev–Trinajstić information content (AvgIpc) is 1.98. The molecule has 0 heterocycles. The molecule has 1 amide bonds. The predicted octanol–water partition coefficient (Wildman–Crippen LogP) is 0.544. The van der Waals surface area contributed by atoms with Gasteiger partial charge in [0.2, 0.25) is 5.91 Å². The van der Waals surface area contributed by atoms with Gasteiger partial charge < -0.3 is 10.6 Å². The van der Waals surface area contributed by atoms with Gasteiger partial charge in [0.25, 0.3) is 0 Å². The van der Waals surface area contributed by atoms with Crippen molar-refractivity contribution in [3.05, 3.63) is 0 Å². The second-order valence-corrected chi connectivity index (χ2v) is 4.56. The molecule has 2 atom stereocenters. The standard InChI is InChI=1S/C8H18N2OS/c1-6(9)5-12-7(2)8(11)10(3)4/h6-7H,5,9H2,1-4H3. The van der Waals surface area contributed by atoms with E-state index in [1.54, 1.807) is 30.8 Å². The fraction of sp³-hybridized carbons (Fsp3) is 0.875. The van der Waals surface area contributed by atoms with Gasteiger partial charge in [0.1, 0.15) is 0 Å². The van der Waals surface area contributed by atoms with Crippen LogP contribution in [0, 0.1) is 0 Å². The summed E-state index contributed by atoms with van der Waals surface area (Å²) in [7, 11) is 3.54. The Bertz CT molecular complexity index is 148. The lowest BCUT2D eigenvalue weighted by Crippen LogP contribution is -2.31. The van der Waals surface area contributed by atoms with Crippen LogP contribution in [0.15, 0.2) is 0 Å². The maximum atomic E-state index is 11.3. The number of nitrogens with zero attached hydrogens (tertiary/aromatic N) is 1. The van der Waals surface area contributed by atoms with E-state index in [-0.39, 0.29) is 17.2 Å². The first-order valence-electron chi connectivity index (χ1n) is 4.03. The molecule has 4 heteroatoms. The molecule has 0 aliphatic heterocycles. The lowest BCUT2D eigenvalue weighted by atomic mass is 10.4. The number of thioether (sulfide) groups is 1. The zero-order chi connectivity index (χ0) is 9.72. The molecule has 0 bridgehead atoms. The number of nitrogens with two attached hydrogens (primary N) is 1. The lowest BCUT2D eigenvalue weighted by Gasteiger charge is -2.16. The summed E-state index contributed by atoms with van der Waals surface area (Å²) in [5.74, 6) is 0.987. The summed E-state index contributed by atoms with van der Waals surface area (Å²) in [4.78, 5) is 12.9. The Hall–Kier alpha value is -0.220. The molecule has 2 N–H and O–H groups in total. The third-order valence-corrected chi connectivity index (χ3v) is 2.82. The fourth-order valence-electron chi connectivity index (χ4n) is 0.731. The number of carbonyl (C=O) groups excluding carboxylic acids is 1. The van der Waals surface area contributed by atoms with Crippen LogP contribution in [0.3, 0.4) is 0 Å². The van der Waals surface area contributed by atoms with Gasteiger partial charge in [-0.3, -0.25) is 4.79 Å². The van der Waals surface area contributed by atoms with Crippen LogP contribution in [0.2, 0.25) is 0 Å². The van der Waals surface area contributed by atoms with E-state index in [1.165, 1.54) is 0 Å². The first-order valence-corrected chi connectivity index (χ1v) is 5.08. The van der Waals surface area contributed by atoms with Crippen LogP contribution in [-0.4, -0.2) is 41.9 Å². The summed E-state index contributed by atoms with van der Waals surface area (Å²) in [5.41, 5.74) is 5.57. The third-order valence-electron chi connectivity index (χ3n) is 1.40. The second kappa shape index (κ2) is 5.43. The highest BCUT2D eigenvalue weighted by molar-refractivity contribution is 8.00. The molecule has 0 saturated carbocycles. The van der Waals surface area contributed by atoms with E-state index < -0.39 is 0 Å². The van der Waals surface area contributed by atoms with E-state index in [0.717, 1.165) is 5.75 Å². The first-order chi connectivity index (χ1) is 5.45. The van der Waals surface area contributed by atoms with E-state index >= 15 is 0 Å². The van der Waals surface area contributed by atoms with Gasteiger partial charge in [-0.2, -0.15) is 0 Å². The van der Waals surface area contributed by atoms with E-state index in [9.17, 15) is 4.79 Å². The van der Waals surface area contributed by atoms with Crippen molar-refractivity contribution >= 4 is 17.7 Å². The predicted molar refractivity (Wildman–Crippen MR) is 54.3 cm³/mol. The smallest absolute Gasteiger partial charge is 0.234 e. The summed E-state index contributed by atoms with van der Waals surface area (Å²) in [6.45, 7) is 3.86. The molecule has 0 radical (unpaired) electrons. The topological polar surface area (TPSA) is 46.3 Å². The van der Waals surface area contributed by atoms with Crippen LogP contribution in [-0.2, 0) is 4.79 Å². The van der Waals surface area contributed by atoms with E-state index in [0.29, 0.717) is 0 Å². The average molecular weight is 190 g/mol. The Morgan fingerprint density at radius 2 is 2.00 bits per heavy atom. The fourth-order valence-corrected chi connectivity index (χ4v) is 1.68. The zero-order valence-corrected chi connectivity index (χ0v) is 9.02. The van der Waals surface area contributed by atoms with Crippen molar-refractivity contribution < 1.29 is 4.79 Å². The maximum Gasteiger partial charge on any atom is 0.234 e. The van der Waals surface area contributed by atoms with Gasteiger partial charge in [-0.05, 0) is 13.8 Å². The molecule has 0 rings (SSSR count). The van der Waals surface area contributed by atoms with Crippen molar-refractivity contribution in [2.75, 3.05) is 19.8 Å². The van der Waals surface area contributed by atoms with Crippen molar-refractivity contribution in [1.29, 1.82) is 0 Å². The van der Waals surface area contributed by atoms with E-state index in [2.05, 4.69) is 0 Å². The summed E-state index contributed by atoms with van der Waals surface area (Å²) in [5, 5.41) is 0.0194. The van der Waals surface area contributed by atoms with Gasteiger partial charge in [0, 0.05) is 25.9 Å². The van der Waals surface area contributed by atoms with Gasteiger partial charge in [-0.1, -0.05) is 0 Å². The number of hydrogen-bond acceptors (Lipinski definition) is 3. The molecule has 0 aromatic heterocycles. The van der Waals surface area contributed by atoms with Gasteiger partial charge in [0.05, 0.1) is 5.25 Å². The van der Waals surface area contributed by atoms with Crippen molar-refractivity contribution in [2.45, 2.75) is 25.1 Å². The Labute approximate surface area is 78.7 Å². The summed E-state index contributed by atoms with van der Waals surface area (Å²) >= 11 is 1.60.